The van der Waals surface area contributed by atoms with E-state index in [9.17, 15) is 13.6 Å². The van der Waals surface area contributed by atoms with E-state index in [1.54, 1.807) is 0 Å². The van der Waals surface area contributed by atoms with E-state index in [-0.39, 0.29) is 13.0 Å². The molecule has 0 amide bonds. The molecular formula is C6H12F2N2O2. The van der Waals surface area contributed by atoms with Crippen LogP contribution >= 0.6 is 0 Å². The number of nitrogens with two attached hydrogens (primary N) is 2. The summed E-state index contributed by atoms with van der Waals surface area (Å²) in [5, 5.41) is 8.33. The first-order valence-electron chi connectivity index (χ1n) is 3.47. The predicted molar refractivity (Wildman–Crippen MR) is 38.8 cm³/mol. The zero-order valence-electron chi connectivity index (χ0n) is 6.41. The molecule has 0 fully saturated rings. The van der Waals surface area contributed by atoms with Crippen molar-refractivity contribution < 1.29 is 18.7 Å². The Labute approximate surface area is 68.5 Å². The van der Waals surface area contributed by atoms with Gasteiger partial charge in [-0.1, -0.05) is 0 Å². The number of rotatable bonds is 5. The lowest BCUT2D eigenvalue weighted by Gasteiger charge is -2.18. The quantitative estimate of drug-likeness (QED) is 0.541. The Kier molecular flexibility index (Phi) is 4.68. The van der Waals surface area contributed by atoms with Gasteiger partial charge in [-0.15, -0.1) is 0 Å². The molecule has 2 unspecified atom stereocenters. The van der Waals surface area contributed by atoms with Gasteiger partial charge in [-0.05, 0) is 13.0 Å². The minimum atomic E-state index is -2.74. The molecule has 2 atom stereocenters. The fourth-order valence-corrected chi connectivity index (χ4v) is 0.838. The summed E-state index contributed by atoms with van der Waals surface area (Å²) in [4.78, 5) is 10.2. The highest BCUT2D eigenvalue weighted by Gasteiger charge is 2.31. The molecule has 72 valence electrons. The predicted octanol–water partition coefficient (Wildman–Crippen LogP) is -0.372. The summed E-state index contributed by atoms with van der Waals surface area (Å²) < 4.78 is 24.2. The molecule has 0 aromatic rings. The second kappa shape index (κ2) is 5.00. The first kappa shape index (κ1) is 11.2. The lowest BCUT2D eigenvalue weighted by Crippen LogP contribution is -2.42. The number of halogens is 2. The van der Waals surface area contributed by atoms with Crippen molar-refractivity contribution in [2.45, 2.75) is 18.9 Å². The van der Waals surface area contributed by atoms with Crippen LogP contribution in [-0.4, -0.2) is 30.1 Å². The van der Waals surface area contributed by atoms with E-state index in [0.717, 1.165) is 0 Å². The van der Waals surface area contributed by atoms with Gasteiger partial charge in [-0.25, -0.2) is 8.78 Å². The Bertz CT molecular complexity index is 154. The van der Waals surface area contributed by atoms with Gasteiger partial charge in [0, 0.05) is 5.92 Å². The van der Waals surface area contributed by atoms with E-state index >= 15 is 0 Å². The minimum Gasteiger partial charge on any atom is -0.480 e. The molecule has 0 bridgehead atoms. The van der Waals surface area contributed by atoms with Crippen LogP contribution in [0.2, 0.25) is 0 Å². The van der Waals surface area contributed by atoms with E-state index in [1.807, 2.05) is 0 Å². The molecular weight excluding hydrogens is 170 g/mol. The summed E-state index contributed by atoms with van der Waals surface area (Å²) in [7, 11) is 0. The monoisotopic (exact) mass is 182 g/mol. The summed E-state index contributed by atoms with van der Waals surface area (Å²) in [6, 6.07) is -1.53. The fourth-order valence-electron chi connectivity index (χ4n) is 0.838. The van der Waals surface area contributed by atoms with Gasteiger partial charge in [-0.2, -0.15) is 0 Å². The van der Waals surface area contributed by atoms with Crippen molar-refractivity contribution in [3.05, 3.63) is 0 Å². The van der Waals surface area contributed by atoms with Crippen LogP contribution in [0, 0.1) is 5.92 Å². The Morgan fingerprint density at radius 2 is 2.00 bits per heavy atom. The molecule has 6 heteroatoms. The Hall–Kier alpha value is -0.750. The third kappa shape index (κ3) is 3.10. The second-order valence-corrected chi connectivity index (χ2v) is 2.44. The first-order chi connectivity index (χ1) is 5.50. The third-order valence-corrected chi connectivity index (χ3v) is 1.57. The standard InChI is InChI=1S/C6H12F2N2O2/c7-5(8)3(1-2-9)4(10)6(11)12/h3-5H,1-2,9-10H2,(H,11,12). The molecule has 0 radical (unpaired) electrons. The van der Waals surface area contributed by atoms with Gasteiger partial charge in [0.1, 0.15) is 6.04 Å². The van der Waals surface area contributed by atoms with E-state index in [0.29, 0.717) is 0 Å². The molecule has 0 aliphatic carbocycles. The largest absolute Gasteiger partial charge is 0.480 e. The summed E-state index contributed by atoms with van der Waals surface area (Å²) in [6.45, 7) is 0.00991. The molecule has 0 aliphatic rings. The van der Waals surface area contributed by atoms with Crippen LogP contribution < -0.4 is 11.5 Å². The number of hydrogen-bond acceptors (Lipinski definition) is 3. The van der Waals surface area contributed by atoms with Crippen molar-refractivity contribution >= 4 is 5.97 Å². The molecule has 5 N–H and O–H groups in total. The molecule has 12 heavy (non-hydrogen) atoms. The first-order valence-corrected chi connectivity index (χ1v) is 3.47. The molecule has 0 heterocycles. The molecule has 0 aliphatic heterocycles. The lowest BCUT2D eigenvalue weighted by atomic mass is 9.97. The zero-order valence-corrected chi connectivity index (χ0v) is 6.41. The number of carboxylic acids is 1. The topological polar surface area (TPSA) is 89.3 Å². The van der Waals surface area contributed by atoms with Gasteiger partial charge in [-0.3, -0.25) is 4.79 Å². The van der Waals surface area contributed by atoms with Gasteiger partial charge < -0.3 is 16.6 Å². The summed E-state index contributed by atoms with van der Waals surface area (Å²) in [6.07, 6.45) is -2.81. The van der Waals surface area contributed by atoms with Gasteiger partial charge in [0.25, 0.3) is 0 Å². The summed E-state index contributed by atoms with van der Waals surface area (Å²) in [5.74, 6) is -2.78. The van der Waals surface area contributed by atoms with Gasteiger partial charge in [0.15, 0.2) is 0 Å². The number of hydrogen-bond donors (Lipinski definition) is 3. The average molecular weight is 182 g/mol. The molecule has 0 aromatic heterocycles. The zero-order chi connectivity index (χ0) is 9.72. The maximum absolute atomic E-state index is 12.1. The van der Waals surface area contributed by atoms with Crippen LogP contribution in [0.5, 0.6) is 0 Å². The highest BCUT2D eigenvalue weighted by molar-refractivity contribution is 5.73. The maximum Gasteiger partial charge on any atom is 0.320 e. The summed E-state index contributed by atoms with van der Waals surface area (Å²) in [5.41, 5.74) is 10.0. The van der Waals surface area contributed by atoms with Crippen LogP contribution in [0.3, 0.4) is 0 Å². The number of carboxylic acid groups (broad SMARTS) is 1. The van der Waals surface area contributed by atoms with Gasteiger partial charge in [0.05, 0.1) is 0 Å². The van der Waals surface area contributed by atoms with Crippen LogP contribution in [0.15, 0.2) is 0 Å². The van der Waals surface area contributed by atoms with Crippen LogP contribution in [0.25, 0.3) is 0 Å². The van der Waals surface area contributed by atoms with Crippen LogP contribution in [-0.2, 0) is 4.79 Å². The van der Waals surface area contributed by atoms with Crippen molar-refractivity contribution in [2.24, 2.45) is 17.4 Å². The van der Waals surface area contributed by atoms with Crippen LogP contribution in [0.4, 0.5) is 8.78 Å². The SMILES string of the molecule is NCCC(C(F)F)C(N)C(=O)O. The Morgan fingerprint density at radius 3 is 2.25 bits per heavy atom. The lowest BCUT2D eigenvalue weighted by molar-refractivity contribution is -0.141. The Balaban J connectivity index is 4.18. The van der Waals surface area contributed by atoms with Crippen molar-refractivity contribution in [1.29, 1.82) is 0 Å². The van der Waals surface area contributed by atoms with E-state index in [1.165, 1.54) is 0 Å². The highest BCUT2D eigenvalue weighted by Crippen LogP contribution is 2.16. The number of aliphatic carboxylic acids is 1. The van der Waals surface area contributed by atoms with Crippen molar-refractivity contribution in [1.82, 2.24) is 0 Å². The smallest absolute Gasteiger partial charge is 0.320 e. The fraction of sp³-hybridized carbons (Fsp3) is 0.833. The Morgan fingerprint density at radius 1 is 1.50 bits per heavy atom. The molecule has 0 saturated heterocycles. The van der Waals surface area contributed by atoms with E-state index in [2.05, 4.69) is 0 Å². The normalized spacial score (nSPS) is 16.1. The summed E-state index contributed by atoms with van der Waals surface area (Å²) >= 11 is 0. The van der Waals surface area contributed by atoms with Crippen molar-refractivity contribution in [3.8, 4) is 0 Å². The maximum atomic E-state index is 12.1. The molecule has 0 spiro atoms. The average Bonchev–Trinajstić information content (AvgIpc) is 1.98. The van der Waals surface area contributed by atoms with Crippen LogP contribution in [0.1, 0.15) is 6.42 Å². The second-order valence-electron chi connectivity index (χ2n) is 2.44. The molecule has 0 saturated carbocycles. The van der Waals surface area contributed by atoms with Gasteiger partial charge >= 0.3 is 5.97 Å². The highest BCUT2D eigenvalue weighted by atomic mass is 19.3. The van der Waals surface area contributed by atoms with E-state index < -0.39 is 24.4 Å². The van der Waals surface area contributed by atoms with Crippen molar-refractivity contribution in [2.75, 3.05) is 6.54 Å². The number of alkyl halides is 2. The molecule has 4 nitrogen and oxygen atoms in total. The molecule has 0 aromatic carbocycles. The molecule has 0 rings (SSSR count). The minimum absolute atomic E-state index is 0.00991. The van der Waals surface area contributed by atoms with Crippen molar-refractivity contribution in [3.63, 3.8) is 0 Å². The van der Waals surface area contributed by atoms with E-state index in [4.69, 9.17) is 16.6 Å². The van der Waals surface area contributed by atoms with Gasteiger partial charge in [0.2, 0.25) is 6.43 Å². The third-order valence-electron chi connectivity index (χ3n) is 1.57. The number of carbonyl (C=O) groups is 1.